The average molecular weight is 545 g/mol. The van der Waals surface area contributed by atoms with E-state index in [1.807, 2.05) is 20.8 Å². The number of nitrogens with zero attached hydrogens (tertiary/aromatic N) is 1. The third kappa shape index (κ3) is 3.89. The first kappa shape index (κ1) is 28.1. The number of halogens is 3. The summed E-state index contributed by atoms with van der Waals surface area (Å²) in [5.41, 5.74) is -1.95. The molecule has 7 atom stereocenters. The van der Waals surface area contributed by atoms with Gasteiger partial charge in [-0.15, -0.1) is 0 Å². The lowest BCUT2D eigenvalue weighted by Crippen LogP contribution is -2.67. The van der Waals surface area contributed by atoms with Gasteiger partial charge in [-0.05, 0) is 79.6 Å². The molecular formula is C31H39F3N2O3. The Bertz CT molecular complexity index is 1250. The van der Waals surface area contributed by atoms with Crippen LogP contribution >= 0.6 is 0 Å². The highest BCUT2D eigenvalue weighted by Gasteiger charge is 2.66. The lowest BCUT2D eigenvalue weighted by molar-refractivity contribution is -0.180. The highest BCUT2D eigenvalue weighted by molar-refractivity contribution is 6.04. The van der Waals surface area contributed by atoms with Crippen molar-refractivity contribution in [2.24, 2.45) is 45.3 Å². The Morgan fingerprint density at radius 3 is 2.28 bits per heavy atom. The molecule has 7 unspecified atom stereocenters. The lowest BCUT2D eigenvalue weighted by Gasteiger charge is -2.65. The van der Waals surface area contributed by atoms with Gasteiger partial charge in [0.2, 0.25) is 0 Å². The van der Waals surface area contributed by atoms with Gasteiger partial charge < -0.3 is 5.32 Å². The number of nitriles is 1. The molecule has 0 spiro atoms. The van der Waals surface area contributed by atoms with Crippen molar-refractivity contribution >= 4 is 17.5 Å². The maximum Gasteiger partial charge on any atom is 0.471 e. The van der Waals surface area contributed by atoms with Crippen LogP contribution in [-0.4, -0.2) is 29.2 Å². The van der Waals surface area contributed by atoms with Crippen molar-refractivity contribution in [2.45, 2.75) is 98.2 Å². The number of alkyl halides is 3. The summed E-state index contributed by atoms with van der Waals surface area (Å²) in [6.07, 6.45) is 2.62. The topological polar surface area (TPSA) is 87.0 Å². The minimum Gasteiger partial charge on any atom is -0.343 e. The Morgan fingerprint density at radius 2 is 1.67 bits per heavy atom. The number of Topliss-reactive ketones (excluding diaryl/α,β-unsaturated/α-hetero) is 1. The largest absolute Gasteiger partial charge is 0.471 e. The summed E-state index contributed by atoms with van der Waals surface area (Å²) in [4.78, 5) is 39.5. The molecule has 5 rings (SSSR count). The number of hydrogen-bond acceptors (Lipinski definition) is 4. The molecule has 5 aliphatic rings. The monoisotopic (exact) mass is 544 g/mol. The smallest absolute Gasteiger partial charge is 0.343 e. The van der Waals surface area contributed by atoms with Crippen molar-refractivity contribution in [3.05, 3.63) is 23.3 Å². The van der Waals surface area contributed by atoms with Gasteiger partial charge in [0.05, 0.1) is 5.57 Å². The fourth-order valence-electron chi connectivity index (χ4n) is 9.79. The SMILES string of the molecule is CC1(C)CCC2(NC(=O)C(F)(F)F)CCC3C(C(=O)C=C4C5(C)C=C(C#N)C(=O)C(C)(C)C5CCC43C)C2C1. The molecule has 0 bridgehead atoms. The number of rotatable bonds is 1. The van der Waals surface area contributed by atoms with Crippen molar-refractivity contribution < 1.29 is 27.6 Å². The standard InChI is InChI=1S/C31H39F3N2O3/c1-26(2)11-12-30(36-25(39)31(32,33)34)10-7-18-23(19(30)15-26)20(37)13-22-28(18,5)9-8-21-27(3,4)24(38)17(16-35)14-29(21,22)6/h13-14,18-19,21,23H,7-12,15H2,1-6H3,(H,36,39). The van der Waals surface area contributed by atoms with E-state index in [9.17, 15) is 32.8 Å². The molecule has 0 heterocycles. The highest BCUT2D eigenvalue weighted by atomic mass is 19.4. The van der Waals surface area contributed by atoms with Crippen LogP contribution in [0.4, 0.5) is 13.2 Å². The van der Waals surface area contributed by atoms with Gasteiger partial charge in [-0.1, -0.05) is 53.2 Å². The van der Waals surface area contributed by atoms with E-state index in [0.29, 0.717) is 32.1 Å². The van der Waals surface area contributed by atoms with Crippen LogP contribution < -0.4 is 5.32 Å². The summed E-state index contributed by atoms with van der Waals surface area (Å²) in [5, 5.41) is 12.2. The molecule has 3 saturated carbocycles. The Hall–Kier alpha value is -2.43. The number of amides is 1. The minimum atomic E-state index is -4.98. The van der Waals surface area contributed by atoms with Crippen LogP contribution in [0, 0.1) is 56.7 Å². The number of hydrogen-bond donors (Lipinski definition) is 1. The van der Waals surface area contributed by atoms with Crippen LogP contribution in [0.1, 0.15) is 86.5 Å². The Kier molecular flexibility index (Phi) is 5.98. The van der Waals surface area contributed by atoms with Crippen LogP contribution in [-0.2, 0) is 14.4 Å². The van der Waals surface area contributed by atoms with Gasteiger partial charge in [-0.2, -0.15) is 18.4 Å². The predicted molar refractivity (Wildman–Crippen MR) is 139 cm³/mol. The molecular weight excluding hydrogens is 505 g/mol. The molecule has 0 radical (unpaired) electrons. The zero-order chi connectivity index (χ0) is 29.0. The normalized spacial score (nSPS) is 42.5. The molecule has 1 amide bonds. The van der Waals surface area contributed by atoms with Crippen LogP contribution in [0.15, 0.2) is 23.3 Å². The van der Waals surface area contributed by atoms with Crippen molar-refractivity contribution in [2.75, 3.05) is 0 Å². The zero-order valence-corrected chi connectivity index (χ0v) is 23.7. The summed E-state index contributed by atoms with van der Waals surface area (Å²) >= 11 is 0. The molecule has 8 heteroatoms. The Balaban J connectivity index is 1.62. The van der Waals surface area contributed by atoms with Gasteiger partial charge in [0.15, 0.2) is 11.6 Å². The Morgan fingerprint density at radius 1 is 1.00 bits per heavy atom. The maximum absolute atomic E-state index is 14.1. The van der Waals surface area contributed by atoms with Gasteiger partial charge in [0, 0.05) is 22.3 Å². The number of carbonyl (C=O) groups is 3. The summed E-state index contributed by atoms with van der Waals surface area (Å²) in [6, 6.07) is 2.09. The van der Waals surface area contributed by atoms with Crippen LogP contribution in [0.5, 0.6) is 0 Å². The molecule has 5 aliphatic carbocycles. The quantitative estimate of drug-likeness (QED) is 0.423. The highest BCUT2D eigenvalue weighted by Crippen LogP contribution is 2.69. The number of ketones is 2. The first-order chi connectivity index (χ1) is 17.8. The van der Waals surface area contributed by atoms with Gasteiger partial charge in [-0.3, -0.25) is 14.4 Å². The second-order valence-corrected chi connectivity index (χ2v) is 14.7. The van der Waals surface area contributed by atoms with Crippen molar-refractivity contribution in [1.29, 1.82) is 5.26 Å². The molecule has 39 heavy (non-hydrogen) atoms. The molecule has 1 N–H and O–H groups in total. The molecule has 0 aliphatic heterocycles. The molecule has 3 fully saturated rings. The van der Waals surface area contributed by atoms with E-state index < -0.39 is 45.7 Å². The first-order valence-corrected chi connectivity index (χ1v) is 14.2. The van der Waals surface area contributed by atoms with E-state index in [1.165, 1.54) is 0 Å². The van der Waals surface area contributed by atoms with E-state index in [4.69, 9.17) is 0 Å². The minimum absolute atomic E-state index is 0.0688. The molecule has 5 nitrogen and oxygen atoms in total. The number of nitrogens with one attached hydrogen (secondary N) is 1. The average Bonchev–Trinajstić information content (AvgIpc) is 2.82. The third-order valence-electron chi connectivity index (χ3n) is 11.7. The third-order valence-corrected chi connectivity index (χ3v) is 11.7. The number of carbonyl (C=O) groups excluding carboxylic acids is 3. The van der Waals surface area contributed by atoms with Gasteiger partial charge in [0.25, 0.3) is 0 Å². The summed E-state index contributed by atoms with van der Waals surface area (Å²) < 4.78 is 40.2. The summed E-state index contributed by atoms with van der Waals surface area (Å²) in [7, 11) is 0. The van der Waals surface area contributed by atoms with E-state index in [0.717, 1.165) is 18.4 Å². The van der Waals surface area contributed by atoms with E-state index in [2.05, 4.69) is 32.2 Å². The van der Waals surface area contributed by atoms with Gasteiger partial charge >= 0.3 is 12.1 Å². The maximum atomic E-state index is 14.1. The predicted octanol–water partition coefficient (Wildman–Crippen LogP) is 6.25. The summed E-state index contributed by atoms with van der Waals surface area (Å²) in [6.45, 7) is 12.2. The van der Waals surface area contributed by atoms with E-state index >= 15 is 0 Å². The van der Waals surface area contributed by atoms with Crippen LogP contribution in [0.2, 0.25) is 0 Å². The first-order valence-electron chi connectivity index (χ1n) is 14.2. The second kappa shape index (κ2) is 8.30. The fourth-order valence-corrected chi connectivity index (χ4v) is 9.79. The van der Waals surface area contributed by atoms with Crippen molar-refractivity contribution in [3.63, 3.8) is 0 Å². The van der Waals surface area contributed by atoms with Crippen molar-refractivity contribution in [1.82, 2.24) is 5.32 Å². The molecule has 0 saturated heterocycles. The summed E-state index contributed by atoms with van der Waals surface area (Å²) in [5.74, 6) is -3.22. The molecule has 0 aromatic rings. The van der Waals surface area contributed by atoms with E-state index in [-0.39, 0.29) is 34.4 Å². The van der Waals surface area contributed by atoms with Crippen molar-refractivity contribution in [3.8, 4) is 6.07 Å². The molecule has 0 aromatic heterocycles. The van der Waals surface area contributed by atoms with Crippen LogP contribution in [0.3, 0.4) is 0 Å². The molecule has 0 aromatic carbocycles. The number of allylic oxidation sites excluding steroid dienone is 4. The lowest BCUT2D eigenvalue weighted by atomic mass is 9.39. The van der Waals surface area contributed by atoms with Crippen LogP contribution in [0.25, 0.3) is 0 Å². The van der Waals surface area contributed by atoms with Gasteiger partial charge in [-0.25, -0.2) is 0 Å². The van der Waals surface area contributed by atoms with Gasteiger partial charge in [0.1, 0.15) is 6.07 Å². The molecule has 212 valence electrons. The second-order valence-electron chi connectivity index (χ2n) is 14.7. The fraction of sp³-hybridized carbons (Fsp3) is 0.742. The zero-order valence-electron chi connectivity index (χ0n) is 23.7. The Labute approximate surface area is 228 Å². The van der Waals surface area contributed by atoms with E-state index in [1.54, 1.807) is 12.2 Å². The number of fused-ring (bicyclic) bond motifs is 7.